The summed E-state index contributed by atoms with van der Waals surface area (Å²) in [6.45, 7) is 2.42. The molecule has 6 heteroatoms. The summed E-state index contributed by atoms with van der Waals surface area (Å²) in [5, 5.41) is 10.8. The largest absolute Gasteiger partial charge is 0.457 e. The fourth-order valence-electron chi connectivity index (χ4n) is 2.59. The van der Waals surface area contributed by atoms with Gasteiger partial charge >= 0.3 is 0 Å². The third-order valence-corrected chi connectivity index (χ3v) is 4.00. The van der Waals surface area contributed by atoms with Crippen molar-refractivity contribution in [2.45, 2.75) is 19.5 Å². The van der Waals surface area contributed by atoms with Crippen molar-refractivity contribution >= 4 is 5.96 Å². The van der Waals surface area contributed by atoms with Crippen LogP contribution in [0.4, 0.5) is 0 Å². The molecule has 0 atom stereocenters. The van der Waals surface area contributed by atoms with Gasteiger partial charge in [-0.05, 0) is 42.3 Å². The minimum absolute atomic E-state index is 0.699. The monoisotopic (exact) mass is 363 g/mol. The lowest BCUT2D eigenvalue weighted by atomic mass is 10.2. The van der Waals surface area contributed by atoms with Crippen LogP contribution in [0.3, 0.4) is 0 Å². The summed E-state index contributed by atoms with van der Waals surface area (Å²) in [7, 11) is 1.78. The van der Waals surface area contributed by atoms with E-state index in [0.29, 0.717) is 6.54 Å². The van der Waals surface area contributed by atoms with E-state index in [9.17, 15) is 0 Å². The third-order valence-electron chi connectivity index (χ3n) is 4.00. The summed E-state index contributed by atoms with van der Waals surface area (Å²) in [5.41, 5.74) is 1.16. The van der Waals surface area contributed by atoms with Crippen LogP contribution in [-0.4, -0.2) is 29.3 Å². The molecule has 0 bridgehead atoms. The molecule has 0 unspecified atom stereocenters. The number of para-hydroxylation sites is 1. The van der Waals surface area contributed by atoms with Gasteiger partial charge in [-0.25, -0.2) is 0 Å². The number of benzene rings is 2. The molecule has 0 spiro atoms. The Balaban J connectivity index is 1.40. The maximum absolute atomic E-state index is 5.81. The minimum Gasteiger partial charge on any atom is -0.457 e. The molecule has 0 amide bonds. The topological polar surface area (TPSA) is 63.5 Å². The first-order valence-electron chi connectivity index (χ1n) is 9.07. The van der Waals surface area contributed by atoms with Gasteiger partial charge in [-0.15, -0.1) is 0 Å². The zero-order valence-corrected chi connectivity index (χ0v) is 15.5. The van der Waals surface area contributed by atoms with E-state index in [2.05, 4.69) is 32.9 Å². The van der Waals surface area contributed by atoms with E-state index >= 15 is 0 Å². The number of ether oxygens (including phenoxy) is 1. The van der Waals surface area contributed by atoms with Gasteiger partial charge in [-0.3, -0.25) is 9.67 Å². The molecule has 0 radical (unpaired) electrons. The highest BCUT2D eigenvalue weighted by Gasteiger charge is 2.00. The zero-order valence-electron chi connectivity index (χ0n) is 15.5. The van der Waals surface area contributed by atoms with Crippen molar-refractivity contribution in [1.82, 2.24) is 20.4 Å². The number of rotatable bonds is 8. The first kappa shape index (κ1) is 18.5. The van der Waals surface area contributed by atoms with Crippen LogP contribution in [0.25, 0.3) is 0 Å². The second kappa shape index (κ2) is 10.0. The Morgan fingerprint density at radius 1 is 1.00 bits per heavy atom. The molecule has 0 aliphatic carbocycles. The molecule has 0 saturated heterocycles. The van der Waals surface area contributed by atoms with Crippen molar-refractivity contribution in [3.05, 3.63) is 78.6 Å². The SMILES string of the molecule is CN=C(NCCCn1cccn1)NCc1ccc(Oc2ccccc2)cc1. The molecule has 3 aromatic rings. The Hall–Kier alpha value is -3.28. The lowest BCUT2D eigenvalue weighted by Gasteiger charge is -2.12. The fourth-order valence-corrected chi connectivity index (χ4v) is 2.59. The number of hydrogen-bond donors (Lipinski definition) is 2. The van der Waals surface area contributed by atoms with Gasteiger partial charge in [0.1, 0.15) is 11.5 Å². The smallest absolute Gasteiger partial charge is 0.191 e. The predicted octanol–water partition coefficient (Wildman–Crippen LogP) is 3.43. The van der Waals surface area contributed by atoms with Crippen LogP contribution in [0.1, 0.15) is 12.0 Å². The van der Waals surface area contributed by atoms with Crippen LogP contribution in [0.5, 0.6) is 11.5 Å². The number of aromatic nitrogens is 2. The van der Waals surface area contributed by atoms with E-state index in [1.54, 1.807) is 13.2 Å². The van der Waals surface area contributed by atoms with Crippen molar-refractivity contribution in [1.29, 1.82) is 0 Å². The predicted molar refractivity (Wildman–Crippen MR) is 108 cm³/mol. The lowest BCUT2D eigenvalue weighted by Crippen LogP contribution is -2.37. The van der Waals surface area contributed by atoms with Crippen molar-refractivity contribution in [3.63, 3.8) is 0 Å². The maximum Gasteiger partial charge on any atom is 0.191 e. The first-order valence-corrected chi connectivity index (χ1v) is 9.07. The van der Waals surface area contributed by atoms with Gasteiger partial charge in [0, 0.05) is 39.1 Å². The summed E-state index contributed by atoms with van der Waals surface area (Å²) in [6, 6.07) is 19.8. The van der Waals surface area contributed by atoms with Gasteiger partial charge in [-0.1, -0.05) is 30.3 Å². The number of nitrogens with zero attached hydrogens (tertiary/aromatic N) is 3. The van der Waals surface area contributed by atoms with Gasteiger partial charge in [0.05, 0.1) is 0 Å². The number of hydrogen-bond acceptors (Lipinski definition) is 3. The van der Waals surface area contributed by atoms with Crippen LogP contribution in [-0.2, 0) is 13.1 Å². The minimum atomic E-state index is 0.699. The van der Waals surface area contributed by atoms with Crippen LogP contribution >= 0.6 is 0 Å². The molecule has 0 aliphatic rings. The molecule has 140 valence electrons. The van der Waals surface area contributed by atoms with Gasteiger partial charge in [0.25, 0.3) is 0 Å². The van der Waals surface area contributed by atoms with Crippen LogP contribution < -0.4 is 15.4 Å². The molecule has 0 aliphatic heterocycles. The van der Waals surface area contributed by atoms with Crippen LogP contribution in [0.15, 0.2) is 78.0 Å². The Morgan fingerprint density at radius 3 is 2.48 bits per heavy atom. The van der Waals surface area contributed by atoms with Crippen LogP contribution in [0, 0.1) is 0 Å². The fraction of sp³-hybridized carbons (Fsp3) is 0.238. The standard InChI is InChI=1S/C21H25N5O/c1-22-21(23-13-5-15-26-16-6-14-25-26)24-17-18-9-11-20(12-10-18)27-19-7-3-2-4-8-19/h2-4,6-12,14,16H,5,13,15,17H2,1H3,(H2,22,23,24). The van der Waals surface area contributed by atoms with E-state index < -0.39 is 0 Å². The normalized spacial score (nSPS) is 11.2. The molecule has 1 heterocycles. The number of aliphatic imine (C=N–C) groups is 1. The van der Waals surface area contributed by atoms with Gasteiger partial charge in [0.2, 0.25) is 0 Å². The second-order valence-electron chi connectivity index (χ2n) is 6.03. The molecule has 2 aromatic carbocycles. The third kappa shape index (κ3) is 6.18. The van der Waals surface area contributed by atoms with Crippen molar-refractivity contribution in [3.8, 4) is 11.5 Å². The number of nitrogens with one attached hydrogen (secondary N) is 2. The summed E-state index contributed by atoms with van der Waals surface area (Å²) >= 11 is 0. The molecule has 27 heavy (non-hydrogen) atoms. The molecule has 0 fully saturated rings. The second-order valence-corrected chi connectivity index (χ2v) is 6.03. The molecular formula is C21H25N5O. The lowest BCUT2D eigenvalue weighted by molar-refractivity contribution is 0.482. The summed E-state index contributed by atoms with van der Waals surface area (Å²) in [6.07, 6.45) is 4.75. The molecule has 2 N–H and O–H groups in total. The van der Waals surface area contributed by atoms with E-state index in [-0.39, 0.29) is 0 Å². The molecule has 6 nitrogen and oxygen atoms in total. The van der Waals surface area contributed by atoms with E-state index in [0.717, 1.165) is 42.5 Å². The Labute approximate surface area is 159 Å². The van der Waals surface area contributed by atoms with E-state index in [1.807, 2.05) is 59.4 Å². The number of aryl methyl sites for hydroxylation is 1. The quantitative estimate of drug-likeness (QED) is 0.366. The molecule has 1 aromatic heterocycles. The Bertz CT molecular complexity index is 814. The average molecular weight is 363 g/mol. The number of guanidine groups is 1. The Kier molecular flexibility index (Phi) is 6.86. The van der Waals surface area contributed by atoms with Crippen molar-refractivity contribution in [2.75, 3.05) is 13.6 Å². The molecular weight excluding hydrogens is 338 g/mol. The molecule has 3 rings (SSSR count). The van der Waals surface area contributed by atoms with Crippen LogP contribution in [0.2, 0.25) is 0 Å². The summed E-state index contributed by atoms with van der Waals surface area (Å²) in [4.78, 5) is 4.26. The van der Waals surface area contributed by atoms with E-state index in [4.69, 9.17) is 4.74 Å². The summed E-state index contributed by atoms with van der Waals surface area (Å²) in [5.74, 6) is 2.45. The maximum atomic E-state index is 5.81. The van der Waals surface area contributed by atoms with E-state index in [1.165, 1.54) is 0 Å². The zero-order chi connectivity index (χ0) is 18.7. The molecule has 0 saturated carbocycles. The highest BCUT2D eigenvalue weighted by Crippen LogP contribution is 2.20. The highest BCUT2D eigenvalue weighted by atomic mass is 16.5. The van der Waals surface area contributed by atoms with Crippen molar-refractivity contribution in [2.24, 2.45) is 4.99 Å². The summed E-state index contributed by atoms with van der Waals surface area (Å²) < 4.78 is 7.74. The van der Waals surface area contributed by atoms with Crippen molar-refractivity contribution < 1.29 is 4.74 Å². The van der Waals surface area contributed by atoms with Gasteiger partial charge in [0.15, 0.2) is 5.96 Å². The first-order chi connectivity index (χ1) is 13.3. The highest BCUT2D eigenvalue weighted by molar-refractivity contribution is 5.79. The van der Waals surface area contributed by atoms with Gasteiger partial charge in [-0.2, -0.15) is 5.10 Å². The Morgan fingerprint density at radius 2 is 1.78 bits per heavy atom. The van der Waals surface area contributed by atoms with Gasteiger partial charge < -0.3 is 15.4 Å². The average Bonchev–Trinajstić information content (AvgIpc) is 3.23.